The van der Waals surface area contributed by atoms with Gasteiger partial charge in [0.25, 0.3) is 5.91 Å². The summed E-state index contributed by atoms with van der Waals surface area (Å²) in [6.45, 7) is 4.71. The maximum Gasteiger partial charge on any atom is 0.342 e. The highest BCUT2D eigenvalue weighted by atomic mass is 16.5. The molecule has 7 heteroatoms. The van der Waals surface area contributed by atoms with Crippen LogP contribution in [-0.2, 0) is 14.3 Å². The predicted octanol–water partition coefficient (Wildman–Crippen LogP) is 2.12. The molecule has 0 aliphatic heterocycles. The monoisotopic (exact) mass is 344 g/mol. The van der Waals surface area contributed by atoms with E-state index in [1.807, 2.05) is 32.0 Å². The summed E-state index contributed by atoms with van der Waals surface area (Å²) in [7, 11) is 0. The van der Waals surface area contributed by atoms with Crippen molar-refractivity contribution in [1.82, 2.24) is 5.32 Å². The van der Waals surface area contributed by atoms with Crippen molar-refractivity contribution >= 4 is 23.5 Å². The quantitative estimate of drug-likeness (QED) is 0.782. The van der Waals surface area contributed by atoms with Crippen molar-refractivity contribution in [3.63, 3.8) is 0 Å². The third-order valence-corrected chi connectivity index (χ3v) is 3.60. The maximum absolute atomic E-state index is 11.9. The van der Waals surface area contributed by atoms with E-state index in [0.29, 0.717) is 5.76 Å². The van der Waals surface area contributed by atoms with Crippen LogP contribution >= 0.6 is 0 Å². The first-order chi connectivity index (χ1) is 11.9. The molecule has 2 rings (SSSR count). The molecule has 0 radical (unpaired) electrons. The fraction of sp³-hybridized carbons (Fsp3) is 0.278. The van der Waals surface area contributed by atoms with Gasteiger partial charge in [-0.3, -0.25) is 9.59 Å². The number of hydrogen-bond acceptors (Lipinski definition) is 5. The van der Waals surface area contributed by atoms with E-state index >= 15 is 0 Å². The van der Waals surface area contributed by atoms with Gasteiger partial charge in [-0.1, -0.05) is 18.2 Å². The van der Waals surface area contributed by atoms with E-state index in [0.717, 1.165) is 16.8 Å². The number of carbonyl (C=O) groups is 3. The lowest BCUT2D eigenvalue weighted by atomic mass is 10.1. The molecule has 2 N–H and O–H groups in total. The number of carbonyl (C=O) groups excluding carboxylic acids is 3. The summed E-state index contributed by atoms with van der Waals surface area (Å²) < 4.78 is 9.87. The summed E-state index contributed by atoms with van der Waals surface area (Å²) in [4.78, 5) is 35.4. The van der Waals surface area contributed by atoms with Crippen molar-refractivity contribution in [1.29, 1.82) is 0 Å². The highest BCUT2D eigenvalue weighted by Crippen LogP contribution is 2.18. The standard InChI is InChI=1S/C18H20N2O5/c1-11-5-4-6-12(2)17(11)20-15(21)9-19-16(22)10-25-18(23)14-7-8-24-13(14)3/h4-8H,9-10H2,1-3H3,(H,19,22)(H,20,21). The molecule has 0 unspecified atom stereocenters. The molecule has 0 fully saturated rings. The van der Waals surface area contributed by atoms with Crippen LogP contribution in [0.2, 0.25) is 0 Å². The molecule has 1 heterocycles. The predicted molar refractivity (Wildman–Crippen MR) is 91.3 cm³/mol. The molecule has 132 valence electrons. The Labute approximate surface area is 145 Å². The number of nitrogens with one attached hydrogen (secondary N) is 2. The van der Waals surface area contributed by atoms with Gasteiger partial charge in [-0.05, 0) is 38.0 Å². The lowest BCUT2D eigenvalue weighted by Crippen LogP contribution is -2.35. The van der Waals surface area contributed by atoms with Gasteiger partial charge in [0.05, 0.1) is 12.8 Å². The van der Waals surface area contributed by atoms with Gasteiger partial charge in [0.15, 0.2) is 6.61 Å². The van der Waals surface area contributed by atoms with Crippen LogP contribution in [0.5, 0.6) is 0 Å². The molecule has 0 atom stereocenters. The number of benzene rings is 1. The molecule has 2 aromatic rings. The number of hydrogen-bond donors (Lipinski definition) is 2. The van der Waals surface area contributed by atoms with Crippen molar-refractivity contribution in [2.24, 2.45) is 0 Å². The summed E-state index contributed by atoms with van der Waals surface area (Å²) >= 11 is 0. The van der Waals surface area contributed by atoms with Crippen molar-refractivity contribution < 1.29 is 23.5 Å². The molecule has 7 nitrogen and oxygen atoms in total. The van der Waals surface area contributed by atoms with Crippen molar-refractivity contribution in [2.75, 3.05) is 18.5 Å². The van der Waals surface area contributed by atoms with Gasteiger partial charge in [0.2, 0.25) is 5.91 Å². The van der Waals surface area contributed by atoms with Gasteiger partial charge in [0.1, 0.15) is 11.3 Å². The van der Waals surface area contributed by atoms with Gasteiger partial charge < -0.3 is 19.8 Å². The van der Waals surface area contributed by atoms with Crippen LogP contribution in [0.15, 0.2) is 34.9 Å². The first-order valence-corrected chi connectivity index (χ1v) is 7.72. The summed E-state index contributed by atoms with van der Waals surface area (Å²) in [5.41, 5.74) is 2.86. The van der Waals surface area contributed by atoms with Gasteiger partial charge in [-0.25, -0.2) is 4.79 Å². The molecule has 2 amide bonds. The van der Waals surface area contributed by atoms with Gasteiger partial charge in [-0.15, -0.1) is 0 Å². The normalized spacial score (nSPS) is 10.2. The van der Waals surface area contributed by atoms with Crippen LogP contribution in [-0.4, -0.2) is 30.9 Å². The maximum atomic E-state index is 11.9. The molecule has 0 spiro atoms. The lowest BCUT2D eigenvalue weighted by molar-refractivity contribution is -0.126. The van der Waals surface area contributed by atoms with Crippen LogP contribution in [0.25, 0.3) is 0 Å². The van der Waals surface area contributed by atoms with E-state index in [-0.39, 0.29) is 18.0 Å². The van der Waals surface area contributed by atoms with Crippen molar-refractivity contribution in [3.05, 3.63) is 53.0 Å². The number of furan rings is 1. The summed E-state index contributed by atoms with van der Waals surface area (Å²) in [6, 6.07) is 7.14. The number of rotatable bonds is 6. The second kappa shape index (κ2) is 8.14. The van der Waals surface area contributed by atoms with Crippen LogP contribution in [0.4, 0.5) is 5.69 Å². The Kier molecular flexibility index (Phi) is 5.94. The van der Waals surface area contributed by atoms with Crippen molar-refractivity contribution in [3.8, 4) is 0 Å². The number of anilines is 1. The highest BCUT2D eigenvalue weighted by molar-refractivity contribution is 5.96. The van der Waals surface area contributed by atoms with E-state index < -0.39 is 18.5 Å². The minimum absolute atomic E-state index is 0.213. The van der Waals surface area contributed by atoms with Gasteiger partial charge in [-0.2, -0.15) is 0 Å². The fourth-order valence-electron chi connectivity index (χ4n) is 2.23. The number of para-hydroxylation sites is 1. The molecule has 1 aromatic carbocycles. The minimum Gasteiger partial charge on any atom is -0.469 e. The van der Waals surface area contributed by atoms with E-state index in [1.54, 1.807) is 6.92 Å². The lowest BCUT2D eigenvalue weighted by Gasteiger charge is -2.12. The Hall–Kier alpha value is -3.09. The van der Waals surface area contributed by atoms with E-state index in [2.05, 4.69) is 10.6 Å². The topological polar surface area (TPSA) is 97.6 Å². The van der Waals surface area contributed by atoms with E-state index in [1.165, 1.54) is 12.3 Å². The smallest absolute Gasteiger partial charge is 0.342 e. The average Bonchev–Trinajstić information content (AvgIpc) is 3.00. The number of aryl methyl sites for hydroxylation is 3. The third kappa shape index (κ3) is 4.94. The molecule has 1 aromatic heterocycles. The summed E-state index contributed by atoms with van der Waals surface area (Å²) in [5.74, 6) is -1.16. The fourth-order valence-corrected chi connectivity index (χ4v) is 2.23. The minimum atomic E-state index is -0.651. The van der Waals surface area contributed by atoms with Crippen LogP contribution in [0.3, 0.4) is 0 Å². The van der Waals surface area contributed by atoms with Crippen LogP contribution in [0.1, 0.15) is 27.2 Å². The Bertz CT molecular complexity index is 774. The van der Waals surface area contributed by atoms with Crippen molar-refractivity contribution in [2.45, 2.75) is 20.8 Å². The Morgan fingerprint density at radius 3 is 2.32 bits per heavy atom. The molecule has 0 saturated carbocycles. The molecule has 0 bridgehead atoms. The second-order valence-corrected chi connectivity index (χ2v) is 5.56. The molecule has 0 aliphatic carbocycles. The zero-order valence-electron chi connectivity index (χ0n) is 14.3. The van der Waals surface area contributed by atoms with Crippen LogP contribution < -0.4 is 10.6 Å². The molecule has 0 saturated heterocycles. The molecular weight excluding hydrogens is 324 g/mol. The number of amides is 2. The zero-order valence-corrected chi connectivity index (χ0v) is 14.3. The third-order valence-electron chi connectivity index (χ3n) is 3.60. The van der Waals surface area contributed by atoms with Gasteiger partial charge >= 0.3 is 5.97 Å². The highest BCUT2D eigenvalue weighted by Gasteiger charge is 2.15. The Morgan fingerprint density at radius 2 is 1.72 bits per heavy atom. The number of esters is 1. The van der Waals surface area contributed by atoms with E-state index in [9.17, 15) is 14.4 Å². The summed E-state index contributed by atoms with van der Waals surface area (Å²) in [6.07, 6.45) is 1.36. The zero-order chi connectivity index (χ0) is 18.4. The first kappa shape index (κ1) is 18.3. The first-order valence-electron chi connectivity index (χ1n) is 7.72. The molecule has 25 heavy (non-hydrogen) atoms. The second-order valence-electron chi connectivity index (χ2n) is 5.56. The van der Waals surface area contributed by atoms with Gasteiger partial charge in [0, 0.05) is 5.69 Å². The van der Waals surface area contributed by atoms with Crippen LogP contribution in [0, 0.1) is 20.8 Å². The molecular formula is C18H20N2O5. The molecule has 0 aliphatic rings. The van der Waals surface area contributed by atoms with E-state index in [4.69, 9.17) is 9.15 Å². The summed E-state index contributed by atoms with van der Waals surface area (Å²) in [5, 5.41) is 5.16. The average molecular weight is 344 g/mol. The Morgan fingerprint density at radius 1 is 1.04 bits per heavy atom. The largest absolute Gasteiger partial charge is 0.469 e. The SMILES string of the molecule is Cc1cccc(C)c1NC(=O)CNC(=O)COC(=O)c1ccoc1C. The number of ether oxygens (including phenoxy) is 1. The Balaban J connectivity index is 1.77.